The number of primary amides is 1. The zero-order valence-corrected chi connectivity index (χ0v) is 11.7. The number of pyridine rings is 1. The highest BCUT2D eigenvalue weighted by molar-refractivity contribution is 5.97. The standard InChI is InChI=1S/C15H11F3N4O/c16-15(17,18)10-3-1-4-11(9-10)21-7-8-22(14(19)23)13-12(21)5-2-6-20-13/h1-9H,(H2,19,23). The lowest BCUT2D eigenvalue weighted by atomic mass is 10.1. The van der Waals surface area contributed by atoms with Crippen LogP contribution in [0.1, 0.15) is 5.56 Å². The monoisotopic (exact) mass is 320 g/mol. The van der Waals surface area contributed by atoms with Crippen molar-refractivity contribution in [2.45, 2.75) is 6.18 Å². The van der Waals surface area contributed by atoms with Gasteiger partial charge < -0.3 is 10.6 Å². The van der Waals surface area contributed by atoms with Crippen molar-refractivity contribution in [2.75, 3.05) is 9.80 Å². The van der Waals surface area contributed by atoms with Crippen molar-refractivity contribution in [2.24, 2.45) is 5.73 Å². The Morgan fingerprint density at radius 3 is 2.61 bits per heavy atom. The van der Waals surface area contributed by atoms with Crippen LogP contribution in [0.3, 0.4) is 0 Å². The largest absolute Gasteiger partial charge is 0.416 e. The Kier molecular flexibility index (Phi) is 3.44. The van der Waals surface area contributed by atoms with Crippen molar-refractivity contribution >= 4 is 23.2 Å². The highest BCUT2D eigenvalue weighted by atomic mass is 19.4. The molecular weight excluding hydrogens is 309 g/mol. The van der Waals surface area contributed by atoms with Crippen molar-refractivity contribution in [1.82, 2.24) is 4.98 Å². The van der Waals surface area contributed by atoms with Crippen LogP contribution >= 0.6 is 0 Å². The fourth-order valence-corrected chi connectivity index (χ4v) is 2.28. The third-order valence-electron chi connectivity index (χ3n) is 3.31. The fraction of sp³-hybridized carbons (Fsp3) is 0.0667. The van der Waals surface area contributed by atoms with E-state index >= 15 is 0 Å². The summed E-state index contributed by atoms with van der Waals surface area (Å²) in [5, 5.41) is 0. The quantitative estimate of drug-likeness (QED) is 0.873. The van der Waals surface area contributed by atoms with Crippen LogP contribution in [-0.2, 0) is 6.18 Å². The third-order valence-corrected chi connectivity index (χ3v) is 3.31. The Balaban J connectivity index is 2.08. The molecule has 1 aliphatic rings. The molecule has 0 radical (unpaired) electrons. The molecule has 0 aliphatic carbocycles. The number of fused-ring (bicyclic) bond motifs is 1. The van der Waals surface area contributed by atoms with Gasteiger partial charge in [-0.15, -0.1) is 0 Å². The van der Waals surface area contributed by atoms with Gasteiger partial charge in [-0.3, -0.25) is 4.90 Å². The zero-order valence-electron chi connectivity index (χ0n) is 11.7. The van der Waals surface area contributed by atoms with E-state index in [1.54, 1.807) is 12.1 Å². The second kappa shape index (κ2) is 5.31. The molecule has 2 aromatic rings. The molecule has 2 amide bonds. The molecule has 5 nitrogen and oxygen atoms in total. The Hall–Kier alpha value is -3.03. The van der Waals surface area contributed by atoms with E-state index in [9.17, 15) is 18.0 Å². The number of nitrogens with zero attached hydrogens (tertiary/aromatic N) is 3. The van der Waals surface area contributed by atoms with Gasteiger partial charge in [-0.05, 0) is 30.3 Å². The van der Waals surface area contributed by atoms with Gasteiger partial charge in [0.2, 0.25) is 0 Å². The van der Waals surface area contributed by atoms with Crippen molar-refractivity contribution in [3.8, 4) is 0 Å². The average Bonchev–Trinajstić information content (AvgIpc) is 2.53. The molecule has 0 bridgehead atoms. The maximum atomic E-state index is 12.9. The number of hydrogen-bond donors (Lipinski definition) is 1. The van der Waals surface area contributed by atoms with Crippen LogP contribution in [0.2, 0.25) is 0 Å². The number of nitrogens with two attached hydrogens (primary N) is 1. The number of halogens is 3. The van der Waals surface area contributed by atoms with Crippen molar-refractivity contribution in [3.05, 3.63) is 60.6 Å². The second-order valence-electron chi connectivity index (χ2n) is 4.77. The van der Waals surface area contributed by atoms with Crippen LogP contribution in [0.15, 0.2) is 55.0 Å². The van der Waals surface area contributed by atoms with Gasteiger partial charge in [-0.25, -0.2) is 9.78 Å². The van der Waals surface area contributed by atoms with Gasteiger partial charge in [0.05, 0.1) is 11.3 Å². The van der Waals surface area contributed by atoms with Gasteiger partial charge in [0.1, 0.15) is 0 Å². The lowest BCUT2D eigenvalue weighted by Gasteiger charge is -2.30. The van der Waals surface area contributed by atoms with Crippen molar-refractivity contribution in [3.63, 3.8) is 0 Å². The molecular formula is C15H11F3N4O. The van der Waals surface area contributed by atoms with Crippen molar-refractivity contribution < 1.29 is 18.0 Å². The maximum absolute atomic E-state index is 12.9. The van der Waals surface area contributed by atoms with Gasteiger partial charge in [0, 0.05) is 24.3 Å². The molecule has 0 spiro atoms. The molecule has 0 saturated carbocycles. The summed E-state index contributed by atoms with van der Waals surface area (Å²) in [6.45, 7) is 0. The minimum absolute atomic E-state index is 0.250. The van der Waals surface area contributed by atoms with E-state index in [1.807, 2.05) is 0 Å². The number of alkyl halides is 3. The Morgan fingerprint density at radius 2 is 1.91 bits per heavy atom. The van der Waals surface area contributed by atoms with E-state index in [1.165, 1.54) is 35.6 Å². The minimum atomic E-state index is -4.44. The number of benzene rings is 1. The molecule has 2 N–H and O–H groups in total. The lowest BCUT2D eigenvalue weighted by Crippen LogP contribution is -2.35. The molecule has 8 heteroatoms. The number of aromatic nitrogens is 1. The number of urea groups is 1. The van der Waals surface area contributed by atoms with Crippen LogP contribution in [0.5, 0.6) is 0 Å². The maximum Gasteiger partial charge on any atom is 0.416 e. The summed E-state index contributed by atoms with van der Waals surface area (Å²) in [6.07, 6.45) is -0.146. The Bertz CT molecular complexity index is 788. The summed E-state index contributed by atoms with van der Waals surface area (Å²) in [7, 11) is 0. The van der Waals surface area contributed by atoms with Gasteiger partial charge >= 0.3 is 12.2 Å². The van der Waals surface area contributed by atoms with E-state index in [-0.39, 0.29) is 5.82 Å². The highest BCUT2D eigenvalue weighted by Gasteiger charge is 2.31. The summed E-state index contributed by atoms with van der Waals surface area (Å²) in [4.78, 5) is 18.1. The molecule has 0 unspecified atom stereocenters. The minimum Gasteiger partial charge on any atom is -0.351 e. The number of carbonyl (C=O) groups excluding carboxylic acids is 1. The predicted molar refractivity (Wildman–Crippen MR) is 79.0 cm³/mol. The highest BCUT2D eigenvalue weighted by Crippen LogP contribution is 2.38. The van der Waals surface area contributed by atoms with Gasteiger partial charge in [-0.2, -0.15) is 13.2 Å². The zero-order chi connectivity index (χ0) is 16.6. The first-order valence-corrected chi connectivity index (χ1v) is 6.56. The topological polar surface area (TPSA) is 62.5 Å². The van der Waals surface area contributed by atoms with E-state index < -0.39 is 17.8 Å². The lowest BCUT2D eigenvalue weighted by molar-refractivity contribution is -0.137. The molecule has 1 aromatic heterocycles. The van der Waals surface area contributed by atoms with Crippen molar-refractivity contribution in [1.29, 1.82) is 0 Å². The van der Waals surface area contributed by atoms with E-state index in [0.29, 0.717) is 11.4 Å². The average molecular weight is 320 g/mol. The Morgan fingerprint density at radius 1 is 1.13 bits per heavy atom. The first-order chi connectivity index (χ1) is 10.9. The van der Waals surface area contributed by atoms with Crippen LogP contribution in [0.4, 0.5) is 35.2 Å². The van der Waals surface area contributed by atoms with Crippen LogP contribution in [0, 0.1) is 0 Å². The molecule has 2 heterocycles. The Labute approximate surface area is 129 Å². The summed E-state index contributed by atoms with van der Waals surface area (Å²) in [6, 6.07) is 7.42. The van der Waals surface area contributed by atoms with Gasteiger partial charge in [0.15, 0.2) is 5.82 Å². The molecule has 0 atom stereocenters. The SMILES string of the molecule is NC(=O)N1C=CN(c2cccc(C(F)(F)F)c2)c2cccnc21. The first kappa shape index (κ1) is 14.9. The summed E-state index contributed by atoms with van der Waals surface area (Å²) < 4.78 is 38.6. The number of rotatable bonds is 1. The van der Waals surface area contributed by atoms with E-state index in [0.717, 1.165) is 17.0 Å². The molecule has 118 valence electrons. The van der Waals surface area contributed by atoms with E-state index in [4.69, 9.17) is 5.73 Å². The molecule has 0 saturated heterocycles. The summed E-state index contributed by atoms with van der Waals surface area (Å²) >= 11 is 0. The van der Waals surface area contributed by atoms with Crippen LogP contribution in [0.25, 0.3) is 0 Å². The van der Waals surface area contributed by atoms with Gasteiger partial charge in [-0.1, -0.05) is 6.07 Å². The molecule has 1 aliphatic heterocycles. The number of hydrogen-bond acceptors (Lipinski definition) is 3. The normalized spacial score (nSPS) is 13.9. The summed E-state index contributed by atoms with van der Waals surface area (Å²) in [5.74, 6) is 0.250. The fourth-order valence-electron chi connectivity index (χ4n) is 2.28. The smallest absolute Gasteiger partial charge is 0.351 e. The number of amides is 2. The molecule has 23 heavy (non-hydrogen) atoms. The molecule has 1 aromatic carbocycles. The molecule has 3 rings (SSSR count). The predicted octanol–water partition coefficient (Wildman–Crippen LogP) is 3.61. The molecule has 0 fully saturated rings. The number of anilines is 3. The van der Waals surface area contributed by atoms with Gasteiger partial charge in [0.25, 0.3) is 0 Å². The number of carbonyl (C=O) groups is 1. The second-order valence-corrected chi connectivity index (χ2v) is 4.77. The third kappa shape index (κ3) is 2.70. The van der Waals surface area contributed by atoms with Crippen LogP contribution < -0.4 is 15.5 Å². The summed E-state index contributed by atoms with van der Waals surface area (Å²) in [5.41, 5.74) is 5.27. The van der Waals surface area contributed by atoms with Crippen LogP contribution in [-0.4, -0.2) is 11.0 Å². The first-order valence-electron chi connectivity index (χ1n) is 6.56. The van der Waals surface area contributed by atoms with E-state index in [2.05, 4.69) is 4.98 Å².